The molecule has 0 radical (unpaired) electrons. The molecule has 0 aromatic carbocycles. The van der Waals surface area contributed by atoms with Crippen LogP contribution in [0.3, 0.4) is 0 Å². The highest BCUT2D eigenvalue weighted by atomic mass is 16.5. The third kappa shape index (κ3) is 53.0. The molecule has 0 bridgehead atoms. The Bertz CT molecular complexity index is 1130. The summed E-state index contributed by atoms with van der Waals surface area (Å²) < 4.78 is 5.48. The SMILES string of the molecule is CCCCCC/C=C\C/C=C\CCCCCCCCCC(=O)OCCCCCCCCCCC/C=C\CCCCCCCC(=O)NC(CO)C(O)/C=C/CCCCCCCCCCCCCC. The topological polar surface area (TPSA) is 95.9 Å². The molecule has 2 unspecified atom stereocenters. The number of hydrogen-bond donors (Lipinski definition) is 3. The van der Waals surface area contributed by atoms with Crippen LogP contribution in [0.15, 0.2) is 48.6 Å². The highest BCUT2D eigenvalue weighted by Crippen LogP contribution is 2.16. The van der Waals surface area contributed by atoms with Crippen LogP contribution < -0.4 is 5.32 Å². The third-order valence-corrected chi connectivity index (χ3v) is 13.3. The third-order valence-electron chi connectivity index (χ3n) is 13.3. The van der Waals surface area contributed by atoms with Crippen LogP contribution in [0.25, 0.3) is 0 Å². The van der Waals surface area contributed by atoms with Crippen LogP contribution in [-0.4, -0.2) is 47.4 Å². The Hall–Kier alpha value is -2.18. The van der Waals surface area contributed by atoms with E-state index in [9.17, 15) is 19.8 Å². The zero-order chi connectivity index (χ0) is 48.6. The largest absolute Gasteiger partial charge is 0.466 e. The number of aliphatic hydroxyl groups excluding tert-OH is 2. The lowest BCUT2D eigenvalue weighted by molar-refractivity contribution is -0.143. The monoisotopic (exact) mass is 940 g/mol. The zero-order valence-corrected chi connectivity index (χ0v) is 44.6. The summed E-state index contributed by atoms with van der Waals surface area (Å²) in [6.45, 7) is 4.87. The van der Waals surface area contributed by atoms with Gasteiger partial charge in [0.15, 0.2) is 0 Å². The molecule has 0 spiro atoms. The fourth-order valence-electron chi connectivity index (χ4n) is 8.78. The van der Waals surface area contributed by atoms with E-state index in [-0.39, 0.29) is 18.5 Å². The van der Waals surface area contributed by atoms with E-state index in [1.165, 1.54) is 205 Å². The molecule has 6 nitrogen and oxygen atoms in total. The molecule has 67 heavy (non-hydrogen) atoms. The van der Waals surface area contributed by atoms with Gasteiger partial charge in [-0.1, -0.05) is 249 Å². The van der Waals surface area contributed by atoms with E-state index in [0.717, 1.165) is 70.6 Å². The van der Waals surface area contributed by atoms with Gasteiger partial charge in [0, 0.05) is 12.8 Å². The number of amides is 1. The van der Waals surface area contributed by atoms with Crippen molar-refractivity contribution in [3.63, 3.8) is 0 Å². The Balaban J connectivity index is 3.47. The van der Waals surface area contributed by atoms with E-state index >= 15 is 0 Å². The number of esters is 1. The average Bonchev–Trinajstić information content (AvgIpc) is 3.33. The summed E-state index contributed by atoms with van der Waals surface area (Å²) in [6.07, 6.45) is 71.3. The van der Waals surface area contributed by atoms with Gasteiger partial charge >= 0.3 is 5.97 Å². The summed E-state index contributed by atoms with van der Waals surface area (Å²) in [5.41, 5.74) is 0. The Kier molecular flexibility index (Phi) is 54.6. The molecule has 0 aromatic heterocycles. The minimum absolute atomic E-state index is 0.00569. The Morgan fingerprint density at radius 2 is 0.746 bits per heavy atom. The minimum atomic E-state index is -0.853. The van der Waals surface area contributed by atoms with E-state index < -0.39 is 12.1 Å². The summed E-state index contributed by atoms with van der Waals surface area (Å²) in [7, 11) is 0. The second-order valence-electron chi connectivity index (χ2n) is 20.0. The molecule has 0 saturated carbocycles. The van der Waals surface area contributed by atoms with Gasteiger partial charge in [-0.05, 0) is 89.9 Å². The first-order valence-corrected chi connectivity index (χ1v) is 29.4. The van der Waals surface area contributed by atoms with E-state index in [1.54, 1.807) is 6.08 Å². The zero-order valence-electron chi connectivity index (χ0n) is 44.6. The number of unbranched alkanes of at least 4 members (excludes halogenated alkanes) is 37. The molecule has 392 valence electrons. The molecule has 3 N–H and O–H groups in total. The summed E-state index contributed by atoms with van der Waals surface area (Å²) in [5.74, 6) is -0.0886. The molecular weight excluding hydrogens is 827 g/mol. The van der Waals surface area contributed by atoms with Gasteiger partial charge in [0.05, 0.1) is 25.4 Å². The van der Waals surface area contributed by atoms with Crippen LogP contribution in [0.5, 0.6) is 0 Å². The van der Waals surface area contributed by atoms with Gasteiger partial charge in [-0.25, -0.2) is 0 Å². The maximum Gasteiger partial charge on any atom is 0.305 e. The lowest BCUT2D eigenvalue weighted by Gasteiger charge is -2.20. The molecule has 1 amide bonds. The maximum atomic E-state index is 12.4. The fourth-order valence-corrected chi connectivity index (χ4v) is 8.78. The number of ether oxygens (including phenoxy) is 1. The van der Waals surface area contributed by atoms with Gasteiger partial charge in [-0.2, -0.15) is 0 Å². The average molecular weight is 941 g/mol. The van der Waals surface area contributed by atoms with Gasteiger partial charge in [0.2, 0.25) is 5.91 Å². The fraction of sp³-hybridized carbons (Fsp3) is 0.836. The predicted molar refractivity (Wildman–Crippen MR) is 292 cm³/mol. The van der Waals surface area contributed by atoms with E-state index in [2.05, 4.69) is 55.6 Å². The summed E-state index contributed by atoms with van der Waals surface area (Å²) in [6, 6.07) is -0.638. The van der Waals surface area contributed by atoms with Crippen molar-refractivity contribution in [1.82, 2.24) is 5.32 Å². The van der Waals surface area contributed by atoms with Crippen LogP contribution in [0.2, 0.25) is 0 Å². The highest BCUT2D eigenvalue weighted by molar-refractivity contribution is 5.76. The Morgan fingerprint density at radius 1 is 0.418 bits per heavy atom. The molecule has 6 heteroatoms. The first kappa shape index (κ1) is 64.8. The minimum Gasteiger partial charge on any atom is -0.466 e. The van der Waals surface area contributed by atoms with Crippen LogP contribution in [0.1, 0.15) is 303 Å². The Labute approximate surface area is 416 Å². The number of nitrogens with one attached hydrogen (secondary N) is 1. The summed E-state index contributed by atoms with van der Waals surface area (Å²) in [5, 5.41) is 23.1. The van der Waals surface area contributed by atoms with Crippen LogP contribution >= 0.6 is 0 Å². The van der Waals surface area contributed by atoms with E-state index in [1.807, 2.05) is 6.08 Å². The van der Waals surface area contributed by atoms with E-state index in [0.29, 0.717) is 19.4 Å². The van der Waals surface area contributed by atoms with Gasteiger partial charge < -0.3 is 20.3 Å². The number of rotatable bonds is 54. The molecule has 0 saturated heterocycles. The van der Waals surface area contributed by atoms with Crippen molar-refractivity contribution >= 4 is 11.9 Å². The maximum absolute atomic E-state index is 12.4. The van der Waals surface area contributed by atoms with E-state index in [4.69, 9.17) is 4.74 Å². The number of carbonyl (C=O) groups excluding carboxylic acids is 2. The molecule has 0 aliphatic heterocycles. The predicted octanol–water partition coefficient (Wildman–Crippen LogP) is 18.2. The first-order valence-electron chi connectivity index (χ1n) is 29.4. The lowest BCUT2D eigenvalue weighted by atomic mass is 10.0. The lowest BCUT2D eigenvalue weighted by Crippen LogP contribution is -2.45. The number of hydrogen-bond acceptors (Lipinski definition) is 5. The number of carbonyl (C=O) groups is 2. The van der Waals surface area contributed by atoms with Gasteiger partial charge in [-0.3, -0.25) is 9.59 Å². The molecule has 0 heterocycles. The molecule has 0 fully saturated rings. The second kappa shape index (κ2) is 56.4. The van der Waals surface area contributed by atoms with Crippen molar-refractivity contribution < 1.29 is 24.5 Å². The van der Waals surface area contributed by atoms with Gasteiger partial charge in [-0.15, -0.1) is 0 Å². The van der Waals surface area contributed by atoms with Gasteiger partial charge in [0.25, 0.3) is 0 Å². The summed E-state index contributed by atoms with van der Waals surface area (Å²) >= 11 is 0. The highest BCUT2D eigenvalue weighted by Gasteiger charge is 2.18. The van der Waals surface area contributed by atoms with Crippen molar-refractivity contribution in [2.45, 2.75) is 315 Å². The molecule has 0 rings (SSSR count). The molecule has 0 aliphatic carbocycles. The van der Waals surface area contributed by atoms with Gasteiger partial charge in [0.1, 0.15) is 0 Å². The standard InChI is InChI=1S/C61H113NO5/c1-3-5-7-9-11-13-15-17-19-20-24-27-31-35-39-43-47-51-55-61(66)67-56-52-48-44-40-36-32-28-25-22-21-23-26-30-34-38-42-46-50-54-60(65)62-58(57-63)59(64)53-49-45-41-37-33-29-18-16-14-12-10-8-6-4-2/h13,15,19-20,23,26,49,53,58-59,63-64H,3-12,14,16-18,21-22,24-25,27-48,50-52,54-57H2,1-2H3,(H,62,65)/b15-13-,20-19-,26-23-,53-49+. The number of aliphatic hydroxyl groups is 2. The molecule has 0 aliphatic rings. The normalized spacial score (nSPS) is 13.0. The Morgan fingerprint density at radius 3 is 1.16 bits per heavy atom. The first-order chi connectivity index (χ1) is 33.0. The van der Waals surface area contributed by atoms with Crippen molar-refractivity contribution in [1.29, 1.82) is 0 Å². The summed E-state index contributed by atoms with van der Waals surface area (Å²) in [4.78, 5) is 24.5. The van der Waals surface area contributed by atoms with Crippen LogP contribution in [0, 0.1) is 0 Å². The number of allylic oxidation sites excluding steroid dienone is 7. The smallest absolute Gasteiger partial charge is 0.305 e. The second-order valence-corrected chi connectivity index (χ2v) is 20.0. The van der Waals surface area contributed by atoms with Crippen molar-refractivity contribution in [2.24, 2.45) is 0 Å². The molecule has 0 aromatic rings. The molecule has 2 atom stereocenters. The van der Waals surface area contributed by atoms with Crippen molar-refractivity contribution in [3.8, 4) is 0 Å². The van der Waals surface area contributed by atoms with Crippen LogP contribution in [-0.2, 0) is 14.3 Å². The van der Waals surface area contributed by atoms with Crippen LogP contribution in [0.4, 0.5) is 0 Å². The van der Waals surface area contributed by atoms with Crippen molar-refractivity contribution in [3.05, 3.63) is 48.6 Å². The molecular formula is C61H113NO5. The quantitative estimate of drug-likeness (QED) is 0.0321. The van der Waals surface area contributed by atoms with Crippen molar-refractivity contribution in [2.75, 3.05) is 13.2 Å².